The second-order valence-corrected chi connectivity index (χ2v) is 7.63. The molecule has 2 unspecified atom stereocenters. The molecule has 0 aromatic heterocycles. The predicted octanol–water partition coefficient (Wildman–Crippen LogP) is 3.58. The van der Waals surface area contributed by atoms with Crippen molar-refractivity contribution in [3.8, 4) is 0 Å². The molecule has 0 bridgehead atoms. The molecule has 3 nitrogen and oxygen atoms in total. The van der Waals surface area contributed by atoms with Crippen molar-refractivity contribution in [2.45, 2.75) is 49.6 Å². The maximum Gasteiger partial charge on any atom is 0.220 e. The molecule has 1 aromatic rings. The van der Waals surface area contributed by atoms with Gasteiger partial charge in [-0.25, -0.2) is 0 Å². The first kappa shape index (κ1) is 16.8. The Morgan fingerprint density at radius 3 is 2.90 bits per heavy atom. The van der Waals surface area contributed by atoms with Crippen LogP contribution in [0.1, 0.15) is 32.6 Å². The summed E-state index contributed by atoms with van der Waals surface area (Å²) in [6.07, 6.45) is 3.64. The molecule has 0 aliphatic carbocycles. The van der Waals surface area contributed by atoms with Gasteiger partial charge in [-0.2, -0.15) is 0 Å². The molecule has 0 radical (unpaired) electrons. The van der Waals surface area contributed by atoms with E-state index in [4.69, 9.17) is 0 Å². The van der Waals surface area contributed by atoms with E-state index in [1.165, 1.54) is 4.90 Å². The van der Waals surface area contributed by atoms with Gasteiger partial charge in [0.2, 0.25) is 5.91 Å². The molecule has 5 heteroatoms. The number of amides is 1. The van der Waals surface area contributed by atoms with Gasteiger partial charge in [-0.05, 0) is 62.7 Å². The van der Waals surface area contributed by atoms with Gasteiger partial charge >= 0.3 is 0 Å². The van der Waals surface area contributed by atoms with Gasteiger partial charge in [-0.3, -0.25) is 4.79 Å². The topological polar surface area (TPSA) is 41.1 Å². The van der Waals surface area contributed by atoms with E-state index in [9.17, 15) is 4.79 Å². The minimum absolute atomic E-state index is 0.200. The highest BCUT2D eigenvalue weighted by Gasteiger charge is 2.19. The van der Waals surface area contributed by atoms with Gasteiger partial charge < -0.3 is 10.6 Å². The highest BCUT2D eigenvalue weighted by Crippen LogP contribution is 2.21. The Hall–Kier alpha value is -0.520. The average molecular weight is 371 g/mol. The second kappa shape index (κ2) is 8.81. The Labute approximate surface area is 139 Å². The summed E-state index contributed by atoms with van der Waals surface area (Å²) >= 11 is 5.24. The maximum atomic E-state index is 11.9. The predicted molar refractivity (Wildman–Crippen MR) is 92.7 cm³/mol. The fourth-order valence-corrected chi connectivity index (χ4v) is 3.63. The number of piperidine rings is 1. The van der Waals surface area contributed by atoms with Crippen molar-refractivity contribution in [1.29, 1.82) is 0 Å². The summed E-state index contributed by atoms with van der Waals surface area (Å²) in [7, 11) is 0. The molecule has 1 amide bonds. The van der Waals surface area contributed by atoms with E-state index in [1.807, 2.05) is 12.1 Å². The van der Waals surface area contributed by atoms with Crippen LogP contribution in [0.3, 0.4) is 0 Å². The molecule has 0 saturated carbocycles. The molecule has 116 valence electrons. The third-order valence-electron chi connectivity index (χ3n) is 3.62. The molecule has 1 heterocycles. The van der Waals surface area contributed by atoms with E-state index >= 15 is 0 Å². The van der Waals surface area contributed by atoms with E-state index in [1.54, 1.807) is 11.8 Å². The van der Waals surface area contributed by atoms with Gasteiger partial charge in [0, 0.05) is 27.9 Å². The van der Waals surface area contributed by atoms with Crippen LogP contribution < -0.4 is 10.6 Å². The summed E-state index contributed by atoms with van der Waals surface area (Å²) in [5.74, 6) is 1.18. The smallest absolute Gasteiger partial charge is 0.220 e. The first-order valence-corrected chi connectivity index (χ1v) is 9.32. The summed E-state index contributed by atoms with van der Waals surface area (Å²) in [6.45, 7) is 3.18. The largest absolute Gasteiger partial charge is 0.353 e. The van der Waals surface area contributed by atoms with Crippen molar-refractivity contribution < 1.29 is 4.79 Å². The minimum Gasteiger partial charge on any atom is -0.353 e. The molecule has 1 fully saturated rings. The Kier molecular flexibility index (Phi) is 7.07. The van der Waals surface area contributed by atoms with E-state index in [-0.39, 0.29) is 5.91 Å². The molecule has 2 rings (SSSR count). The van der Waals surface area contributed by atoms with Gasteiger partial charge in [0.15, 0.2) is 0 Å². The lowest BCUT2D eigenvalue weighted by atomic mass is 10.0. The van der Waals surface area contributed by atoms with Crippen LogP contribution in [-0.4, -0.2) is 30.3 Å². The van der Waals surface area contributed by atoms with Crippen molar-refractivity contribution in [2.24, 2.45) is 0 Å². The van der Waals surface area contributed by atoms with Crippen LogP contribution in [0.4, 0.5) is 0 Å². The molecule has 0 spiro atoms. The first-order chi connectivity index (χ1) is 10.1. The fraction of sp³-hybridized carbons (Fsp3) is 0.562. The van der Waals surface area contributed by atoms with Crippen molar-refractivity contribution >= 4 is 33.6 Å². The van der Waals surface area contributed by atoms with Crippen LogP contribution in [0.5, 0.6) is 0 Å². The number of carbonyl (C=O) groups excluding carboxylic acids is 1. The summed E-state index contributed by atoms with van der Waals surface area (Å²) in [6, 6.07) is 9.17. The van der Waals surface area contributed by atoms with Crippen LogP contribution in [0, 0.1) is 0 Å². The van der Waals surface area contributed by atoms with Crippen molar-refractivity contribution in [1.82, 2.24) is 10.6 Å². The van der Waals surface area contributed by atoms with Crippen LogP contribution in [0.25, 0.3) is 0 Å². The Morgan fingerprint density at radius 2 is 2.19 bits per heavy atom. The number of benzene rings is 1. The molecular formula is C16H23BrN2OS. The second-order valence-electron chi connectivity index (χ2n) is 5.55. The van der Waals surface area contributed by atoms with E-state index in [2.05, 4.69) is 45.6 Å². The Bertz CT molecular complexity index is 452. The first-order valence-electron chi connectivity index (χ1n) is 7.54. The number of nitrogens with one attached hydrogen (secondary N) is 2. The van der Waals surface area contributed by atoms with Crippen LogP contribution in [0.2, 0.25) is 0 Å². The standard InChI is InChI=1S/C16H23BrN2OS/c1-12-11-14(8-9-18-12)19-16(20)3-2-10-21-15-6-4-13(17)5-7-15/h4-7,12,14,18H,2-3,8-11H2,1H3,(H,19,20). The third-order valence-corrected chi connectivity index (χ3v) is 5.25. The molecule has 1 saturated heterocycles. The van der Waals surface area contributed by atoms with E-state index in [0.29, 0.717) is 18.5 Å². The molecule has 1 aromatic carbocycles. The van der Waals surface area contributed by atoms with E-state index < -0.39 is 0 Å². The lowest BCUT2D eigenvalue weighted by Crippen LogP contribution is -2.46. The van der Waals surface area contributed by atoms with Crippen LogP contribution >= 0.6 is 27.7 Å². The SMILES string of the molecule is CC1CC(NC(=O)CCCSc2ccc(Br)cc2)CCN1. The zero-order valence-electron chi connectivity index (χ0n) is 12.4. The molecular weight excluding hydrogens is 348 g/mol. The van der Waals surface area contributed by atoms with Gasteiger partial charge in [0.1, 0.15) is 0 Å². The lowest BCUT2D eigenvalue weighted by molar-refractivity contribution is -0.122. The summed E-state index contributed by atoms with van der Waals surface area (Å²) in [5.41, 5.74) is 0. The summed E-state index contributed by atoms with van der Waals surface area (Å²) in [4.78, 5) is 13.2. The van der Waals surface area contributed by atoms with Crippen molar-refractivity contribution in [2.75, 3.05) is 12.3 Å². The average Bonchev–Trinajstić information content (AvgIpc) is 2.45. The monoisotopic (exact) mass is 370 g/mol. The molecule has 2 N–H and O–H groups in total. The third kappa shape index (κ3) is 6.41. The Morgan fingerprint density at radius 1 is 1.43 bits per heavy atom. The molecule has 2 atom stereocenters. The van der Waals surface area contributed by atoms with Gasteiger partial charge in [-0.1, -0.05) is 15.9 Å². The van der Waals surface area contributed by atoms with Crippen molar-refractivity contribution in [3.05, 3.63) is 28.7 Å². The number of halogens is 1. The van der Waals surface area contributed by atoms with E-state index in [0.717, 1.165) is 36.0 Å². The number of hydrogen-bond acceptors (Lipinski definition) is 3. The maximum absolute atomic E-state index is 11.9. The number of carbonyl (C=O) groups is 1. The highest BCUT2D eigenvalue weighted by molar-refractivity contribution is 9.10. The molecule has 1 aliphatic rings. The minimum atomic E-state index is 0.200. The molecule has 1 aliphatic heterocycles. The zero-order chi connectivity index (χ0) is 15.1. The summed E-state index contributed by atoms with van der Waals surface area (Å²) < 4.78 is 1.10. The fourth-order valence-electron chi connectivity index (χ4n) is 2.52. The van der Waals surface area contributed by atoms with Gasteiger partial charge in [0.25, 0.3) is 0 Å². The van der Waals surface area contributed by atoms with Gasteiger partial charge in [0.05, 0.1) is 0 Å². The lowest BCUT2D eigenvalue weighted by Gasteiger charge is -2.28. The number of thioether (sulfide) groups is 1. The Balaban J connectivity index is 1.59. The highest BCUT2D eigenvalue weighted by atomic mass is 79.9. The number of rotatable bonds is 6. The quantitative estimate of drug-likeness (QED) is 0.593. The van der Waals surface area contributed by atoms with Gasteiger partial charge in [-0.15, -0.1) is 11.8 Å². The normalized spacial score (nSPS) is 22.0. The number of hydrogen-bond donors (Lipinski definition) is 2. The van der Waals surface area contributed by atoms with Crippen LogP contribution in [-0.2, 0) is 4.79 Å². The van der Waals surface area contributed by atoms with Crippen LogP contribution in [0.15, 0.2) is 33.6 Å². The molecule has 21 heavy (non-hydrogen) atoms. The van der Waals surface area contributed by atoms with Crippen molar-refractivity contribution in [3.63, 3.8) is 0 Å². The zero-order valence-corrected chi connectivity index (χ0v) is 14.8. The summed E-state index contributed by atoms with van der Waals surface area (Å²) in [5, 5.41) is 6.56.